The van der Waals surface area contributed by atoms with E-state index in [2.05, 4.69) is 132 Å². The number of fused-ring (bicyclic) bond motifs is 6. The summed E-state index contributed by atoms with van der Waals surface area (Å²) in [6, 6.07) is 58.6. The summed E-state index contributed by atoms with van der Waals surface area (Å²) in [5, 5.41) is 4.34. The third kappa shape index (κ3) is 4.60. The predicted molar refractivity (Wildman–Crippen MR) is 203 cm³/mol. The van der Waals surface area contributed by atoms with Crippen LogP contribution in [0.3, 0.4) is 0 Å². The van der Waals surface area contributed by atoms with Gasteiger partial charge >= 0.3 is 0 Å². The van der Waals surface area contributed by atoms with Crippen molar-refractivity contribution in [3.8, 4) is 51.0 Å². The number of hydrogen-bond acceptors (Lipinski definition) is 4. The highest BCUT2D eigenvalue weighted by atomic mass is 16.3. The Hall–Kier alpha value is -6.85. The van der Waals surface area contributed by atoms with Crippen LogP contribution in [0, 0.1) is 0 Å². The first-order chi connectivity index (χ1) is 24.8. The molecule has 5 nitrogen and oxygen atoms in total. The van der Waals surface area contributed by atoms with E-state index in [0.717, 1.165) is 71.9 Å². The molecule has 0 aliphatic rings. The highest BCUT2D eigenvalue weighted by Gasteiger charge is 2.19. The van der Waals surface area contributed by atoms with E-state index in [9.17, 15) is 0 Å². The monoisotopic (exact) mass is 640 g/mol. The predicted octanol–water partition coefficient (Wildman–Crippen LogP) is 11.5. The van der Waals surface area contributed by atoms with Gasteiger partial charge in [0.2, 0.25) is 0 Å². The van der Waals surface area contributed by atoms with Crippen LogP contribution >= 0.6 is 0 Å². The van der Waals surface area contributed by atoms with Gasteiger partial charge in [0.1, 0.15) is 11.2 Å². The van der Waals surface area contributed by atoms with E-state index < -0.39 is 0 Å². The Morgan fingerprint density at radius 3 is 1.78 bits per heavy atom. The Morgan fingerprint density at radius 2 is 0.960 bits per heavy atom. The fourth-order valence-corrected chi connectivity index (χ4v) is 7.13. The molecule has 0 atom stereocenters. The quantitative estimate of drug-likeness (QED) is 0.188. The molecule has 3 heterocycles. The standard InChI is InChI=1S/C45H28N4O/c1-3-12-29(13-4-1)30-22-24-31(25-23-30)43-46-44(48-45(47-43)36-18-11-21-41-42(36)35-17-8-10-20-40(35)50-41)32-26-27-39-37(28-32)34-16-7-9-19-38(34)49(39)33-14-5-2-6-15-33/h1-28H. The number of rotatable bonds is 5. The molecule has 10 rings (SSSR count). The number of nitrogens with zero attached hydrogens (tertiary/aromatic N) is 4. The van der Waals surface area contributed by atoms with Gasteiger partial charge in [-0.1, -0.05) is 121 Å². The van der Waals surface area contributed by atoms with Crippen LogP contribution in [-0.2, 0) is 0 Å². The molecular weight excluding hydrogens is 613 g/mol. The van der Waals surface area contributed by atoms with Gasteiger partial charge in [-0.15, -0.1) is 0 Å². The summed E-state index contributed by atoms with van der Waals surface area (Å²) in [6.45, 7) is 0. The molecule has 0 bridgehead atoms. The zero-order chi connectivity index (χ0) is 33.0. The van der Waals surface area contributed by atoms with Gasteiger partial charge in [-0.05, 0) is 59.7 Å². The first-order valence-corrected chi connectivity index (χ1v) is 16.7. The van der Waals surface area contributed by atoms with Crippen LogP contribution in [0.1, 0.15) is 0 Å². The molecular formula is C45H28N4O. The van der Waals surface area contributed by atoms with Crippen molar-refractivity contribution in [3.63, 3.8) is 0 Å². The number of benzene rings is 7. The first-order valence-electron chi connectivity index (χ1n) is 16.7. The van der Waals surface area contributed by atoms with E-state index in [1.165, 1.54) is 5.39 Å². The van der Waals surface area contributed by atoms with Gasteiger partial charge < -0.3 is 8.98 Å². The van der Waals surface area contributed by atoms with E-state index in [0.29, 0.717) is 17.5 Å². The normalized spacial score (nSPS) is 11.6. The summed E-state index contributed by atoms with van der Waals surface area (Å²) in [5.74, 6) is 1.82. The molecule has 0 saturated carbocycles. The lowest BCUT2D eigenvalue weighted by Crippen LogP contribution is -2.00. The van der Waals surface area contributed by atoms with Crippen molar-refractivity contribution >= 4 is 43.7 Å². The molecule has 0 radical (unpaired) electrons. The zero-order valence-electron chi connectivity index (χ0n) is 26.9. The molecule has 5 heteroatoms. The summed E-state index contributed by atoms with van der Waals surface area (Å²) < 4.78 is 8.57. The largest absolute Gasteiger partial charge is 0.456 e. The van der Waals surface area contributed by atoms with Crippen molar-refractivity contribution in [3.05, 3.63) is 170 Å². The van der Waals surface area contributed by atoms with Crippen molar-refractivity contribution in [2.75, 3.05) is 0 Å². The van der Waals surface area contributed by atoms with E-state index in [1.807, 2.05) is 42.5 Å². The SMILES string of the molecule is c1ccc(-c2ccc(-c3nc(-c4ccc5c(c4)c4ccccc4n5-c4ccccc4)nc(-c4cccc5oc6ccccc6c45)n3)cc2)cc1. The lowest BCUT2D eigenvalue weighted by Gasteiger charge is -2.11. The van der Waals surface area contributed by atoms with Crippen LogP contribution < -0.4 is 0 Å². The molecule has 0 aliphatic carbocycles. The molecule has 10 aromatic rings. The molecule has 0 unspecified atom stereocenters. The van der Waals surface area contributed by atoms with Gasteiger partial charge in [-0.3, -0.25) is 0 Å². The molecule has 0 aliphatic heterocycles. The van der Waals surface area contributed by atoms with Crippen molar-refractivity contribution < 1.29 is 4.42 Å². The maximum Gasteiger partial charge on any atom is 0.164 e. The summed E-state index contributed by atoms with van der Waals surface area (Å²) in [7, 11) is 0. The van der Waals surface area contributed by atoms with E-state index in [1.54, 1.807) is 0 Å². The molecule has 234 valence electrons. The zero-order valence-corrected chi connectivity index (χ0v) is 26.9. The minimum atomic E-state index is 0.598. The van der Waals surface area contributed by atoms with E-state index in [4.69, 9.17) is 19.4 Å². The Balaban J connectivity index is 1.19. The Kier molecular flexibility index (Phi) is 6.42. The van der Waals surface area contributed by atoms with Crippen LogP contribution in [0.2, 0.25) is 0 Å². The summed E-state index contributed by atoms with van der Waals surface area (Å²) >= 11 is 0. The van der Waals surface area contributed by atoms with E-state index in [-0.39, 0.29) is 0 Å². The van der Waals surface area contributed by atoms with Gasteiger partial charge in [-0.2, -0.15) is 0 Å². The van der Waals surface area contributed by atoms with Crippen LogP contribution in [0.4, 0.5) is 0 Å². The molecule has 0 amide bonds. The second-order valence-electron chi connectivity index (χ2n) is 12.4. The van der Waals surface area contributed by atoms with E-state index >= 15 is 0 Å². The number of hydrogen-bond donors (Lipinski definition) is 0. The van der Waals surface area contributed by atoms with Crippen LogP contribution in [-0.4, -0.2) is 19.5 Å². The molecule has 7 aromatic carbocycles. The molecule has 50 heavy (non-hydrogen) atoms. The Morgan fingerprint density at radius 1 is 0.380 bits per heavy atom. The average Bonchev–Trinajstić information content (AvgIpc) is 3.74. The van der Waals surface area contributed by atoms with Gasteiger partial charge in [0.15, 0.2) is 17.5 Å². The first kappa shape index (κ1) is 28.2. The van der Waals surface area contributed by atoms with Gasteiger partial charge in [0, 0.05) is 43.9 Å². The fraction of sp³-hybridized carbons (Fsp3) is 0. The average molecular weight is 641 g/mol. The van der Waals surface area contributed by atoms with Crippen molar-refractivity contribution in [1.29, 1.82) is 0 Å². The van der Waals surface area contributed by atoms with Gasteiger partial charge in [-0.25, -0.2) is 15.0 Å². The fourth-order valence-electron chi connectivity index (χ4n) is 7.13. The molecule has 3 aromatic heterocycles. The highest BCUT2D eigenvalue weighted by Crippen LogP contribution is 2.38. The van der Waals surface area contributed by atoms with Crippen LogP contribution in [0.5, 0.6) is 0 Å². The molecule has 0 saturated heterocycles. The van der Waals surface area contributed by atoms with Crippen molar-refractivity contribution in [2.45, 2.75) is 0 Å². The van der Waals surface area contributed by atoms with Crippen molar-refractivity contribution in [1.82, 2.24) is 19.5 Å². The number of aromatic nitrogens is 4. The number of para-hydroxylation sites is 3. The third-order valence-corrected chi connectivity index (χ3v) is 9.47. The minimum Gasteiger partial charge on any atom is -0.456 e. The van der Waals surface area contributed by atoms with Crippen LogP contribution in [0.15, 0.2) is 174 Å². The van der Waals surface area contributed by atoms with Gasteiger partial charge in [0.05, 0.1) is 11.0 Å². The van der Waals surface area contributed by atoms with Crippen LogP contribution in [0.25, 0.3) is 94.7 Å². The summed E-state index contributed by atoms with van der Waals surface area (Å²) in [4.78, 5) is 15.4. The van der Waals surface area contributed by atoms with Crippen molar-refractivity contribution in [2.24, 2.45) is 0 Å². The molecule has 0 spiro atoms. The van der Waals surface area contributed by atoms with Gasteiger partial charge in [0.25, 0.3) is 0 Å². The summed E-state index contributed by atoms with van der Waals surface area (Å²) in [5.41, 5.74) is 10.1. The molecule has 0 fully saturated rings. The Labute approximate surface area is 287 Å². The summed E-state index contributed by atoms with van der Waals surface area (Å²) in [6.07, 6.45) is 0. The lowest BCUT2D eigenvalue weighted by atomic mass is 10.0. The maximum atomic E-state index is 6.25. The third-order valence-electron chi connectivity index (χ3n) is 9.47. The second kappa shape index (κ2) is 11.4. The molecule has 0 N–H and O–H groups in total. The highest BCUT2D eigenvalue weighted by molar-refractivity contribution is 6.12. The Bertz CT molecular complexity index is 2850. The number of furan rings is 1. The maximum absolute atomic E-state index is 6.25. The minimum absolute atomic E-state index is 0.598. The topological polar surface area (TPSA) is 56.7 Å². The second-order valence-corrected chi connectivity index (χ2v) is 12.4. The lowest BCUT2D eigenvalue weighted by molar-refractivity contribution is 0.669. The smallest absolute Gasteiger partial charge is 0.164 e.